The number of nitrogens with zero attached hydrogens (tertiary/aromatic N) is 1. The molecule has 0 saturated heterocycles. The Morgan fingerprint density at radius 1 is 1.10 bits per heavy atom. The van der Waals surface area contributed by atoms with Crippen LogP contribution in [-0.2, 0) is 10.0 Å². The highest BCUT2D eigenvalue weighted by molar-refractivity contribution is 7.92. The van der Waals surface area contributed by atoms with Crippen molar-refractivity contribution in [3.63, 3.8) is 0 Å². The molecule has 0 fully saturated rings. The number of sulfonamides is 1. The van der Waals surface area contributed by atoms with Crippen LogP contribution in [0.15, 0.2) is 58.6 Å². The second-order valence-electron chi connectivity index (χ2n) is 4.65. The van der Waals surface area contributed by atoms with Crippen LogP contribution in [-0.4, -0.2) is 19.3 Å². The first-order valence-corrected chi connectivity index (χ1v) is 7.80. The van der Waals surface area contributed by atoms with Crippen molar-refractivity contribution >= 4 is 21.4 Å². The second-order valence-corrected chi connectivity index (χ2v) is 6.33. The van der Waals surface area contributed by atoms with Crippen LogP contribution in [0.3, 0.4) is 0 Å². The topological polar surface area (TPSA) is 78.8 Å². The standard InChI is InChI=1S/C15H16N2O3S/c1-11-7-9-13(10-8-11)21(19,20)17-15-6-4-3-5-14(15)12(2)16-18/h3-10,17-18H,1-2H3. The molecular weight excluding hydrogens is 288 g/mol. The summed E-state index contributed by atoms with van der Waals surface area (Å²) in [6.45, 7) is 3.49. The number of hydrogen-bond acceptors (Lipinski definition) is 4. The molecule has 0 aromatic heterocycles. The molecule has 0 aliphatic rings. The normalized spacial score (nSPS) is 12.2. The number of oxime groups is 1. The molecule has 2 aromatic carbocycles. The molecule has 0 saturated carbocycles. The van der Waals surface area contributed by atoms with Gasteiger partial charge in [0.1, 0.15) is 0 Å². The van der Waals surface area contributed by atoms with Crippen LogP contribution in [0.2, 0.25) is 0 Å². The first-order valence-electron chi connectivity index (χ1n) is 6.31. The maximum atomic E-state index is 12.4. The van der Waals surface area contributed by atoms with E-state index in [0.717, 1.165) is 5.56 Å². The van der Waals surface area contributed by atoms with E-state index in [1.807, 2.05) is 6.92 Å². The van der Waals surface area contributed by atoms with E-state index in [9.17, 15) is 8.42 Å². The summed E-state index contributed by atoms with van der Waals surface area (Å²) in [6, 6.07) is 13.3. The lowest BCUT2D eigenvalue weighted by molar-refractivity contribution is 0.319. The first kappa shape index (κ1) is 15.1. The van der Waals surface area contributed by atoms with E-state index < -0.39 is 10.0 Å². The highest BCUT2D eigenvalue weighted by Crippen LogP contribution is 2.21. The highest BCUT2D eigenvalue weighted by atomic mass is 32.2. The number of rotatable bonds is 4. The summed E-state index contributed by atoms with van der Waals surface area (Å²) in [4.78, 5) is 0.182. The van der Waals surface area contributed by atoms with E-state index in [0.29, 0.717) is 17.0 Å². The smallest absolute Gasteiger partial charge is 0.261 e. The van der Waals surface area contributed by atoms with Crippen molar-refractivity contribution in [1.29, 1.82) is 0 Å². The molecule has 0 amide bonds. The van der Waals surface area contributed by atoms with Crippen LogP contribution < -0.4 is 4.72 Å². The van der Waals surface area contributed by atoms with Crippen molar-refractivity contribution in [2.45, 2.75) is 18.7 Å². The third-order valence-corrected chi connectivity index (χ3v) is 4.42. The Kier molecular flexibility index (Phi) is 4.28. The Bertz CT molecular complexity index is 766. The lowest BCUT2D eigenvalue weighted by Gasteiger charge is -2.12. The molecule has 0 aliphatic heterocycles. The van der Waals surface area contributed by atoms with Gasteiger partial charge in [0.25, 0.3) is 10.0 Å². The van der Waals surface area contributed by atoms with Gasteiger partial charge >= 0.3 is 0 Å². The molecule has 0 unspecified atom stereocenters. The summed E-state index contributed by atoms with van der Waals surface area (Å²) in [6.07, 6.45) is 0. The summed E-state index contributed by atoms with van der Waals surface area (Å²) in [5.74, 6) is 0. The van der Waals surface area contributed by atoms with E-state index in [-0.39, 0.29) is 4.90 Å². The van der Waals surface area contributed by atoms with Crippen molar-refractivity contribution in [3.8, 4) is 0 Å². The van der Waals surface area contributed by atoms with Gasteiger partial charge in [-0.2, -0.15) is 0 Å². The van der Waals surface area contributed by atoms with Crippen molar-refractivity contribution in [1.82, 2.24) is 0 Å². The molecule has 2 rings (SSSR count). The average molecular weight is 304 g/mol. The van der Waals surface area contributed by atoms with Crippen molar-refractivity contribution in [2.75, 3.05) is 4.72 Å². The Morgan fingerprint density at radius 2 is 1.71 bits per heavy atom. The fourth-order valence-corrected chi connectivity index (χ4v) is 2.94. The zero-order valence-electron chi connectivity index (χ0n) is 11.7. The first-order chi connectivity index (χ1) is 9.94. The summed E-state index contributed by atoms with van der Waals surface area (Å²) in [5.41, 5.74) is 2.21. The van der Waals surface area contributed by atoms with Gasteiger partial charge in [0.05, 0.1) is 16.3 Å². The van der Waals surface area contributed by atoms with Gasteiger partial charge in [-0.3, -0.25) is 4.72 Å². The number of anilines is 1. The molecule has 21 heavy (non-hydrogen) atoms. The van der Waals surface area contributed by atoms with Crippen LogP contribution in [0.4, 0.5) is 5.69 Å². The molecule has 0 bridgehead atoms. The molecule has 0 aliphatic carbocycles. The van der Waals surface area contributed by atoms with Gasteiger partial charge in [0.2, 0.25) is 0 Å². The third kappa shape index (κ3) is 3.41. The fraction of sp³-hybridized carbons (Fsp3) is 0.133. The predicted molar refractivity (Wildman–Crippen MR) is 82.4 cm³/mol. The third-order valence-electron chi connectivity index (χ3n) is 3.04. The Hall–Kier alpha value is -2.34. The number of aryl methyl sites for hydroxylation is 1. The molecule has 0 heterocycles. The van der Waals surface area contributed by atoms with Gasteiger partial charge in [-0.25, -0.2) is 8.42 Å². The molecule has 0 spiro atoms. The number of hydrogen-bond donors (Lipinski definition) is 2. The molecule has 2 aromatic rings. The Labute approximate surface area is 124 Å². The molecule has 110 valence electrons. The fourth-order valence-electron chi connectivity index (χ4n) is 1.86. The van der Waals surface area contributed by atoms with E-state index in [2.05, 4.69) is 9.88 Å². The lowest BCUT2D eigenvalue weighted by Crippen LogP contribution is -2.15. The maximum Gasteiger partial charge on any atom is 0.261 e. The summed E-state index contributed by atoms with van der Waals surface area (Å²) in [7, 11) is -3.68. The molecule has 0 radical (unpaired) electrons. The summed E-state index contributed by atoms with van der Waals surface area (Å²) < 4.78 is 27.2. The van der Waals surface area contributed by atoms with Crippen LogP contribution >= 0.6 is 0 Å². The second kappa shape index (κ2) is 5.97. The average Bonchev–Trinajstić information content (AvgIpc) is 2.47. The summed E-state index contributed by atoms with van der Waals surface area (Å²) in [5, 5.41) is 12.0. The quantitative estimate of drug-likeness (QED) is 0.518. The van der Waals surface area contributed by atoms with Gasteiger partial charge < -0.3 is 5.21 Å². The minimum Gasteiger partial charge on any atom is -0.411 e. The SMILES string of the molecule is CC(=NO)c1ccccc1NS(=O)(=O)c1ccc(C)cc1. The zero-order valence-corrected chi connectivity index (χ0v) is 12.6. The lowest BCUT2D eigenvalue weighted by atomic mass is 10.1. The van der Waals surface area contributed by atoms with Gasteiger partial charge in [0, 0.05) is 5.56 Å². The van der Waals surface area contributed by atoms with Crippen LogP contribution in [0.5, 0.6) is 0 Å². The largest absolute Gasteiger partial charge is 0.411 e. The van der Waals surface area contributed by atoms with Crippen LogP contribution in [0.25, 0.3) is 0 Å². The van der Waals surface area contributed by atoms with Gasteiger partial charge in [-0.05, 0) is 32.0 Å². The summed E-state index contributed by atoms with van der Waals surface area (Å²) >= 11 is 0. The van der Waals surface area contributed by atoms with Crippen molar-refractivity contribution in [2.24, 2.45) is 5.16 Å². The Morgan fingerprint density at radius 3 is 2.33 bits per heavy atom. The van der Waals surface area contributed by atoms with Gasteiger partial charge in [-0.15, -0.1) is 0 Å². The Balaban J connectivity index is 2.40. The molecule has 5 nitrogen and oxygen atoms in total. The van der Waals surface area contributed by atoms with E-state index in [1.165, 1.54) is 0 Å². The maximum absolute atomic E-state index is 12.4. The van der Waals surface area contributed by atoms with Gasteiger partial charge in [0.15, 0.2) is 0 Å². The zero-order chi connectivity index (χ0) is 15.5. The van der Waals surface area contributed by atoms with E-state index >= 15 is 0 Å². The predicted octanol–water partition coefficient (Wildman–Crippen LogP) is 2.99. The monoisotopic (exact) mass is 304 g/mol. The van der Waals surface area contributed by atoms with Crippen molar-refractivity contribution in [3.05, 3.63) is 59.7 Å². The minimum absolute atomic E-state index is 0.182. The van der Waals surface area contributed by atoms with E-state index in [4.69, 9.17) is 5.21 Å². The molecule has 6 heteroatoms. The number of nitrogens with one attached hydrogen (secondary N) is 1. The van der Waals surface area contributed by atoms with Gasteiger partial charge in [-0.1, -0.05) is 41.1 Å². The molecule has 0 atom stereocenters. The number of benzene rings is 2. The van der Waals surface area contributed by atoms with Crippen LogP contribution in [0.1, 0.15) is 18.1 Å². The molecular formula is C15H16N2O3S. The van der Waals surface area contributed by atoms with Crippen LogP contribution in [0, 0.1) is 6.92 Å². The highest BCUT2D eigenvalue weighted by Gasteiger charge is 2.16. The van der Waals surface area contributed by atoms with Crippen molar-refractivity contribution < 1.29 is 13.6 Å². The van der Waals surface area contributed by atoms with E-state index in [1.54, 1.807) is 55.5 Å². The minimum atomic E-state index is -3.68. The number of para-hydroxylation sites is 1. The molecule has 2 N–H and O–H groups in total.